The number of hydrogen-bond acceptors (Lipinski definition) is 3. The smallest absolute Gasteiger partial charge is 0.136 e. The van der Waals surface area contributed by atoms with Crippen LogP contribution in [0.15, 0.2) is 95.1 Å². The van der Waals surface area contributed by atoms with Crippen LogP contribution in [0.25, 0.3) is 33.1 Å². The SMILES string of the molecule is N#CC(/C=C\N)=C/Cc1ccc2c(c1)oc1cc(-c3ccccc3)ccc12. The standard InChI is InChI=1S/C24H18N2O/c25-13-12-18(16-26)7-6-17-8-10-21-22-11-9-20(19-4-2-1-3-5-19)15-24(22)27-23(21)14-17/h1-5,7-15H,6,25H2/b13-12-,18-7+. The molecule has 0 unspecified atom stereocenters. The van der Waals surface area contributed by atoms with E-state index in [-0.39, 0.29) is 0 Å². The van der Waals surface area contributed by atoms with Gasteiger partial charge >= 0.3 is 0 Å². The number of hydrogen-bond donors (Lipinski definition) is 1. The van der Waals surface area contributed by atoms with Crippen LogP contribution < -0.4 is 5.73 Å². The summed E-state index contributed by atoms with van der Waals surface area (Å²) in [7, 11) is 0. The quantitative estimate of drug-likeness (QED) is 0.378. The molecule has 4 rings (SSSR count). The summed E-state index contributed by atoms with van der Waals surface area (Å²) in [6.45, 7) is 0. The minimum atomic E-state index is 0.551. The zero-order valence-corrected chi connectivity index (χ0v) is 14.7. The maximum Gasteiger partial charge on any atom is 0.136 e. The molecule has 4 aromatic rings. The topological polar surface area (TPSA) is 63.0 Å². The molecule has 0 saturated carbocycles. The number of allylic oxidation sites excluding steroid dienone is 3. The monoisotopic (exact) mass is 350 g/mol. The fourth-order valence-electron chi connectivity index (χ4n) is 3.24. The molecule has 0 radical (unpaired) electrons. The van der Waals surface area contributed by atoms with Crippen LogP contribution in [0.5, 0.6) is 0 Å². The summed E-state index contributed by atoms with van der Waals surface area (Å²) < 4.78 is 6.12. The van der Waals surface area contributed by atoms with Gasteiger partial charge < -0.3 is 10.2 Å². The Hall–Kier alpha value is -3.77. The fourth-order valence-corrected chi connectivity index (χ4v) is 3.24. The first-order chi connectivity index (χ1) is 13.3. The highest BCUT2D eigenvalue weighted by molar-refractivity contribution is 6.06. The zero-order valence-electron chi connectivity index (χ0n) is 14.7. The minimum Gasteiger partial charge on any atom is -0.456 e. The molecule has 130 valence electrons. The van der Waals surface area contributed by atoms with Crippen LogP contribution in [-0.4, -0.2) is 0 Å². The summed E-state index contributed by atoms with van der Waals surface area (Å²) in [5.41, 5.74) is 11.0. The lowest BCUT2D eigenvalue weighted by Crippen LogP contribution is -1.84. The normalized spacial score (nSPS) is 12.0. The van der Waals surface area contributed by atoms with Crippen LogP contribution in [-0.2, 0) is 6.42 Å². The first-order valence-electron chi connectivity index (χ1n) is 8.77. The van der Waals surface area contributed by atoms with Gasteiger partial charge in [0.25, 0.3) is 0 Å². The van der Waals surface area contributed by atoms with Crippen LogP contribution >= 0.6 is 0 Å². The first-order valence-corrected chi connectivity index (χ1v) is 8.77. The van der Waals surface area contributed by atoms with Gasteiger partial charge in [-0.25, -0.2) is 0 Å². The summed E-state index contributed by atoms with van der Waals surface area (Å²) in [5, 5.41) is 11.3. The van der Waals surface area contributed by atoms with Gasteiger partial charge in [-0.1, -0.05) is 54.6 Å². The van der Waals surface area contributed by atoms with Crippen molar-refractivity contribution < 1.29 is 4.42 Å². The van der Waals surface area contributed by atoms with Gasteiger partial charge in [-0.05, 0) is 53.6 Å². The number of nitrogens with zero attached hydrogens (tertiary/aromatic N) is 1. The van der Waals surface area contributed by atoms with E-state index in [0.29, 0.717) is 12.0 Å². The first kappa shape index (κ1) is 16.7. The molecule has 0 amide bonds. The Balaban J connectivity index is 1.72. The molecule has 0 aliphatic rings. The molecular weight excluding hydrogens is 332 g/mol. The number of rotatable bonds is 4. The Morgan fingerprint density at radius 2 is 1.67 bits per heavy atom. The second-order valence-electron chi connectivity index (χ2n) is 6.34. The van der Waals surface area contributed by atoms with Crippen LogP contribution in [0.1, 0.15) is 5.56 Å². The van der Waals surface area contributed by atoms with E-state index in [9.17, 15) is 0 Å². The Morgan fingerprint density at radius 1 is 0.926 bits per heavy atom. The maximum atomic E-state index is 9.08. The third-order valence-electron chi connectivity index (χ3n) is 4.61. The minimum absolute atomic E-state index is 0.551. The third-order valence-corrected chi connectivity index (χ3v) is 4.61. The fraction of sp³-hybridized carbons (Fsp3) is 0.0417. The summed E-state index contributed by atoms with van der Waals surface area (Å²) in [4.78, 5) is 0. The van der Waals surface area contributed by atoms with Gasteiger partial charge in [0, 0.05) is 16.3 Å². The van der Waals surface area contributed by atoms with Gasteiger partial charge in [0.15, 0.2) is 0 Å². The van der Waals surface area contributed by atoms with Crippen molar-refractivity contribution in [3.63, 3.8) is 0 Å². The molecule has 0 spiro atoms. The van der Waals surface area contributed by atoms with Crippen LogP contribution in [0, 0.1) is 11.3 Å². The summed E-state index contributed by atoms with van der Waals surface area (Å²) in [6.07, 6.45) is 5.49. The summed E-state index contributed by atoms with van der Waals surface area (Å²) in [5.74, 6) is 0. The van der Waals surface area contributed by atoms with Crippen molar-refractivity contribution in [2.24, 2.45) is 5.73 Å². The van der Waals surface area contributed by atoms with Crippen molar-refractivity contribution in [1.82, 2.24) is 0 Å². The molecule has 0 atom stereocenters. The van der Waals surface area contributed by atoms with Crippen molar-refractivity contribution in [3.05, 3.63) is 96.2 Å². The third kappa shape index (κ3) is 3.33. The van der Waals surface area contributed by atoms with Crippen molar-refractivity contribution >= 4 is 21.9 Å². The average Bonchev–Trinajstić information content (AvgIpc) is 3.08. The Morgan fingerprint density at radius 3 is 2.41 bits per heavy atom. The van der Waals surface area contributed by atoms with E-state index >= 15 is 0 Å². The van der Waals surface area contributed by atoms with Gasteiger partial charge in [-0.2, -0.15) is 5.26 Å². The molecule has 0 aliphatic carbocycles. The van der Waals surface area contributed by atoms with Gasteiger partial charge in [0.05, 0.1) is 6.07 Å². The highest BCUT2D eigenvalue weighted by Crippen LogP contribution is 2.32. The van der Waals surface area contributed by atoms with E-state index in [0.717, 1.165) is 33.1 Å². The molecule has 2 N–H and O–H groups in total. The van der Waals surface area contributed by atoms with Gasteiger partial charge in [-0.15, -0.1) is 0 Å². The lowest BCUT2D eigenvalue weighted by atomic mass is 10.0. The van der Waals surface area contributed by atoms with E-state index < -0.39 is 0 Å². The van der Waals surface area contributed by atoms with Gasteiger partial charge in [0.2, 0.25) is 0 Å². The molecular formula is C24H18N2O. The zero-order chi connectivity index (χ0) is 18.6. The van der Waals surface area contributed by atoms with E-state index in [1.807, 2.05) is 30.3 Å². The Bertz CT molecular complexity index is 1210. The van der Waals surface area contributed by atoms with Gasteiger partial charge in [-0.3, -0.25) is 0 Å². The number of benzene rings is 3. The molecule has 3 nitrogen and oxygen atoms in total. The second kappa shape index (κ2) is 7.23. The van der Waals surface area contributed by atoms with Crippen LogP contribution in [0.2, 0.25) is 0 Å². The van der Waals surface area contributed by atoms with Crippen LogP contribution in [0.3, 0.4) is 0 Å². The van der Waals surface area contributed by atoms with E-state index in [1.165, 1.54) is 11.8 Å². The van der Waals surface area contributed by atoms with Crippen molar-refractivity contribution in [3.8, 4) is 17.2 Å². The Labute approximate surface area is 157 Å². The number of furan rings is 1. The highest BCUT2D eigenvalue weighted by atomic mass is 16.3. The second-order valence-corrected chi connectivity index (χ2v) is 6.34. The van der Waals surface area contributed by atoms with E-state index in [1.54, 1.807) is 6.08 Å². The summed E-state index contributed by atoms with van der Waals surface area (Å²) >= 11 is 0. The molecule has 0 fully saturated rings. The number of fused-ring (bicyclic) bond motifs is 3. The van der Waals surface area contributed by atoms with Crippen molar-refractivity contribution in [1.29, 1.82) is 5.26 Å². The highest BCUT2D eigenvalue weighted by Gasteiger charge is 2.09. The molecule has 1 heterocycles. The predicted molar refractivity (Wildman–Crippen MR) is 110 cm³/mol. The van der Waals surface area contributed by atoms with Gasteiger partial charge in [0.1, 0.15) is 11.2 Å². The average molecular weight is 350 g/mol. The molecule has 3 aromatic carbocycles. The van der Waals surface area contributed by atoms with E-state index in [2.05, 4.69) is 48.5 Å². The molecule has 3 heteroatoms. The number of nitrogens with two attached hydrogens (primary N) is 1. The Kier molecular flexibility index (Phi) is 4.47. The summed E-state index contributed by atoms with van der Waals surface area (Å²) in [6, 6.07) is 24.9. The number of nitriles is 1. The molecule has 1 aromatic heterocycles. The molecule has 0 saturated heterocycles. The largest absolute Gasteiger partial charge is 0.456 e. The van der Waals surface area contributed by atoms with Crippen LogP contribution in [0.4, 0.5) is 0 Å². The molecule has 27 heavy (non-hydrogen) atoms. The lowest BCUT2D eigenvalue weighted by molar-refractivity contribution is 0.668. The maximum absolute atomic E-state index is 9.08. The molecule has 0 aliphatic heterocycles. The van der Waals surface area contributed by atoms with Crippen molar-refractivity contribution in [2.45, 2.75) is 6.42 Å². The lowest BCUT2D eigenvalue weighted by Gasteiger charge is -2.00. The molecule has 0 bridgehead atoms. The van der Waals surface area contributed by atoms with E-state index in [4.69, 9.17) is 15.4 Å². The predicted octanol–water partition coefficient (Wildman–Crippen LogP) is 5.72. The van der Waals surface area contributed by atoms with Crippen molar-refractivity contribution in [2.75, 3.05) is 0 Å².